The molecule has 0 aliphatic rings. The van der Waals surface area contributed by atoms with Gasteiger partial charge in [0.15, 0.2) is 5.70 Å². The molecule has 5 nitrogen and oxygen atoms in total. The Kier molecular flexibility index (Phi) is 4.77. The molecule has 1 heterocycles. The number of ether oxygens (including phenoxy) is 1. The lowest BCUT2D eigenvalue weighted by atomic mass is 10.1. The van der Waals surface area contributed by atoms with Crippen LogP contribution in [-0.2, 0) is 9.53 Å². The van der Waals surface area contributed by atoms with Gasteiger partial charge in [-0.05, 0) is 19.1 Å². The molecule has 0 aliphatic carbocycles. The molecule has 1 N–H and O–H groups in total. The van der Waals surface area contributed by atoms with Gasteiger partial charge in [0.05, 0.1) is 12.9 Å². The normalized spacial score (nSPS) is 12.0. The summed E-state index contributed by atoms with van der Waals surface area (Å²) in [5.74, 6) is -0.430. The van der Waals surface area contributed by atoms with E-state index in [4.69, 9.17) is 4.74 Å². The largest absolute Gasteiger partial charge is 0.461 e. The lowest BCUT2D eigenvalue weighted by molar-refractivity contribution is -0.138. The molecule has 0 saturated heterocycles. The molecule has 2 rings (SSSR count). The fourth-order valence-electron chi connectivity index (χ4n) is 1.89. The predicted octanol–water partition coefficient (Wildman–Crippen LogP) is 2.66. The van der Waals surface area contributed by atoms with E-state index < -0.39 is 5.97 Å². The maximum atomic E-state index is 12.0. The number of para-hydroxylation sites is 1. The molecule has 0 spiro atoms. The van der Waals surface area contributed by atoms with Crippen LogP contribution in [0.5, 0.6) is 0 Å². The summed E-state index contributed by atoms with van der Waals surface area (Å²) in [5.41, 5.74) is 2.20. The summed E-state index contributed by atoms with van der Waals surface area (Å²) >= 11 is 0. The van der Waals surface area contributed by atoms with E-state index in [1.165, 1.54) is 0 Å². The van der Waals surface area contributed by atoms with Crippen molar-refractivity contribution in [3.63, 3.8) is 0 Å². The van der Waals surface area contributed by atoms with Crippen LogP contribution in [0.25, 0.3) is 17.0 Å². The van der Waals surface area contributed by atoms with Gasteiger partial charge >= 0.3 is 5.97 Å². The van der Waals surface area contributed by atoms with Crippen molar-refractivity contribution in [1.29, 1.82) is 0 Å². The van der Waals surface area contributed by atoms with Gasteiger partial charge in [0.25, 0.3) is 0 Å². The molecule has 1 aromatic carbocycles. The second-order valence-electron chi connectivity index (χ2n) is 4.75. The van der Waals surface area contributed by atoms with Gasteiger partial charge in [0, 0.05) is 36.8 Å². The molecule has 2 aromatic rings. The second-order valence-corrected chi connectivity index (χ2v) is 4.75. The highest BCUT2D eigenvalue weighted by Gasteiger charge is 2.11. The minimum absolute atomic E-state index is 0.273. The number of rotatable bonds is 5. The number of esters is 1. The van der Waals surface area contributed by atoms with Crippen molar-refractivity contribution in [3.05, 3.63) is 41.7 Å². The fraction of sp³-hybridized carbons (Fsp3) is 0.250. The molecule has 0 unspecified atom stereocenters. The van der Waals surface area contributed by atoms with Gasteiger partial charge in [-0.15, -0.1) is 0 Å². The van der Waals surface area contributed by atoms with Crippen molar-refractivity contribution >= 4 is 29.3 Å². The Morgan fingerprint density at radius 2 is 2.14 bits per heavy atom. The maximum absolute atomic E-state index is 12.0. The Bertz CT molecular complexity index is 684. The average Bonchev–Trinajstić information content (AvgIpc) is 2.86. The summed E-state index contributed by atoms with van der Waals surface area (Å²) in [4.78, 5) is 21.1. The number of aliphatic imine (C=N–C) groups is 1. The first kappa shape index (κ1) is 14.8. The van der Waals surface area contributed by atoms with Crippen LogP contribution in [0.3, 0.4) is 0 Å². The summed E-state index contributed by atoms with van der Waals surface area (Å²) in [5, 5.41) is 1.04. The zero-order valence-electron chi connectivity index (χ0n) is 12.5. The topological polar surface area (TPSA) is 57.7 Å². The molecule has 5 heteroatoms. The summed E-state index contributed by atoms with van der Waals surface area (Å²) in [6, 6.07) is 7.90. The van der Waals surface area contributed by atoms with E-state index in [-0.39, 0.29) is 5.70 Å². The Hall–Kier alpha value is -2.56. The Labute approximate surface area is 123 Å². The summed E-state index contributed by atoms with van der Waals surface area (Å²) in [7, 11) is 3.69. The van der Waals surface area contributed by atoms with E-state index in [9.17, 15) is 4.79 Å². The van der Waals surface area contributed by atoms with E-state index in [0.29, 0.717) is 6.61 Å². The molecule has 0 aliphatic heterocycles. The molecule has 0 radical (unpaired) electrons. The van der Waals surface area contributed by atoms with Crippen LogP contribution in [0.15, 0.2) is 41.2 Å². The highest BCUT2D eigenvalue weighted by molar-refractivity contribution is 5.98. The number of aromatic nitrogens is 1. The van der Waals surface area contributed by atoms with Crippen LogP contribution in [0, 0.1) is 0 Å². The monoisotopic (exact) mass is 285 g/mol. The van der Waals surface area contributed by atoms with E-state index >= 15 is 0 Å². The molecular formula is C16H19N3O2. The van der Waals surface area contributed by atoms with Gasteiger partial charge in [-0.3, -0.25) is 0 Å². The first-order valence-corrected chi connectivity index (χ1v) is 6.77. The fourth-order valence-corrected chi connectivity index (χ4v) is 1.89. The number of fused-ring (bicyclic) bond motifs is 1. The Morgan fingerprint density at radius 3 is 2.86 bits per heavy atom. The van der Waals surface area contributed by atoms with Gasteiger partial charge in [0.1, 0.15) is 0 Å². The molecule has 21 heavy (non-hydrogen) atoms. The van der Waals surface area contributed by atoms with Crippen LogP contribution >= 0.6 is 0 Å². The standard InChI is InChI=1S/C16H19N3O2/c1-4-21-16(20)15(18-11-19(2)3)9-12-10-17-14-8-6-5-7-13(12)14/h5-11,17H,4H2,1-3H3/b15-9+,18-11?. The molecule has 110 valence electrons. The number of H-pyrrole nitrogens is 1. The average molecular weight is 285 g/mol. The number of hydrogen-bond donors (Lipinski definition) is 1. The second kappa shape index (κ2) is 6.74. The summed E-state index contributed by atoms with van der Waals surface area (Å²) in [6.45, 7) is 2.10. The maximum Gasteiger partial charge on any atom is 0.356 e. The number of carbonyl (C=O) groups excluding carboxylic acids is 1. The van der Waals surface area contributed by atoms with Crippen LogP contribution < -0.4 is 0 Å². The Morgan fingerprint density at radius 1 is 1.38 bits per heavy atom. The highest BCUT2D eigenvalue weighted by atomic mass is 16.5. The number of aromatic amines is 1. The molecule has 0 amide bonds. The third-order valence-corrected chi connectivity index (χ3v) is 2.83. The third-order valence-electron chi connectivity index (χ3n) is 2.83. The minimum Gasteiger partial charge on any atom is -0.461 e. The zero-order valence-corrected chi connectivity index (χ0v) is 12.5. The van der Waals surface area contributed by atoms with Crippen molar-refractivity contribution in [1.82, 2.24) is 9.88 Å². The summed E-state index contributed by atoms with van der Waals surface area (Å²) < 4.78 is 5.05. The van der Waals surface area contributed by atoms with Gasteiger partial charge in [-0.1, -0.05) is 18.2 Å². The number of hydrogen-bond acceptors (Lipinski definition) is 3. The lowest BCUT2D eigenvalue weighted by Crippen LogP contribution is -2.11. The molecule has 0 fully saturated rings. The zero-order chi connectivity index (χ0) is 15.2. The predicted molar refractivity (Wildman–Crippen MR) is 85.1 cm³/mol. The minimum atomic E-state index is -0.430. The van der Waals surface area contributed by atoms with Gasteiger partial charge in [-0.2, -0.15) is 0 Å². The number of benzene rings is 1. The van der Waals surface area contributed by atoms with Crippen LogP contribution in [0.1, 0.15) is 12.5 Å². The number of nitrogens with one attached hydrogen (secondary N) is 1. The van der Waals surface area contributed by atoms with Gasteiger partial charge in [0.2, 0.25) is 0 Å². The van der Waals surface area contributed by atoms with E-state index in [0.717, 1.165) is 16.5 Å². The van der Waals surface area contributed by atoms with Gasteiger partial charge in [-0.25, -0.2) is 9.79 Å². The van der Waals surface area contributed by atoms with Crippen molar-refractivity contribution in [3.8, 4) is 0 Å². The van der Waals surface area contributed by atoms with Crippen LogP contribution in [0.2, 0.25) is 0 Å². The highest BCUT2D eigenvalue weighted by Crippen LogP contribution is 2.21. The first-order valence-electron chi connectivity index (χ1n) is 6.77. The Balaban J connectivity index is 2.41. The smallest absolute Gasteiger partial charge is 0.356 e. The molecular weight excluding hydrogens is 266 g/mol. The van der Waals surface area contributed by atoms with E-state index in [2.05, 4.69) is 9.98 Å². The summed E-state index contributed by atoms with van der Waals surface area (Å²) in [6.07, 6.45) is 5.17. The lowest BCUT2D eigenvalue weighted by Gasteiger charge is -2.05. The van der Waals surface area contributed by atoms with Crippen molar-refractivity contribution in [2.75, 3.05) is 20.7 Å². The molecule has 0 bridgehead atoms. The van der Waals surface area contributed by atoms with E-state index in [1.807, 2.05) is 44.6 Å². The van der Waals surface area contributed by atoms with Crippen molar-refractivity contribution in [2.24, 2.45) is 4.99 Å². The molecule has 0 saturated carbocycles. The van der Waals surface area contributed by atoms with E-state index in [1.54, 1.807) is 24.2 Å². The SMILES string of the molecule is CCOC(=O)/C(=C\c1c[nH]c2ccccc12)N=CN(C)C. The van der Waals surface area contributed by atoms with Crippen molar-refractivity contribution in [2.45, 2.75) is 6.92 Å². The van der Waals surface area contributed by atoms with Crippen LogP contribution in [0.4, 0.5) is 0 Å². The molecule has 1 aromatic heterocycles. The van der Waals surface area contributed by atoms with Crippen molar-refractivity contribution < 1.29 is 9.53 Å². The molecule has 0 atom stereocenters. The third kappa shape index (κ3) is 3.72. The van der Waals surface area contributed by atoms with Gasteiger partial charge < -0.3 is 14.6 Å². The quantitative estimate of drug-likeness (QED) is 0.398. The van der Waals surface area contributed by atoms with Crippen LogP contribution in [-0.4, -0.2) is 42.9 Å². The number of nitrogens with zero attached hydrogens (tertiary/aromatic N) is 2. The number of carbonyl (C=O) groups is 1. The first-order chi connectivity index (χ1) is 10.1.